The van der Waals surface area contributed by atoms with Crippen molar-refractivity contribution in [1.29, 1.82) is 0 Å². The number of hydrogen-bond acceptors (Lipinski definition) is 16. The number of aliphatic hydroxyl groups is 3. The number of likely N-dealkylation sites (N-methyl/N-ethyl adjacent to an activating group) is 1. The van der Waals surface area contributed by atoms with E-state index in [9.17, 15) is 34.8 Å². The number of aromatic hydroxyl groups is 1. The number of phenols is 1. The Kier molecular flexibility index (Phi) is 11.3. The summed E-state index contributed by atoms with van der Waals surface area (Å²) < 4.78 is 48.1. The van der Waals surface area contributed by atoms with Gasteiger partial charge in [-0.15, -0.1) is 0 Å². The van der Waals surface area contributed by atoms with Crippen molar-refractivity contribution in [2.75, 3.05) is 35.4 Å². The molecule has 16 heteroatoms. The lowest BCUT2D eigenvalue weighted by Gasteiger charge is -2.52. The number of ketones is 2. The lowest BCUT2D eigenvalue weighted by atomic mass is 9.73. The van der Waals surface area contributed by atoms with Crippen LogP contribution < -0.4 is 4.74 Å². The Balaban J connectivity index is 1.53. The summed E-state index contributed by atoms with van der Waals surface area (Å²) in [5, 5.41) is 45.2. The highest BCUT2D eigenvalue weighted by atomic mass is 16.7. The molecule has 2 aliphatic carbocycles. The van der Waals surface area contributed by atoms with E-state index in [1.807, 2.05) is 0 Å². The molecule has 0 radical (unpaired) electrons. The maximum Gasteiger partial charge on any atom is 0.303 e. The third-order valence-electron chi connectivity index (χ3n) is 11.4. The normalized spacial score (nSPS) is 37.2. The Hall–Kier alpha value is -3.55. The highest BCUT2D eigenvalue weighted by Gasteiger charge is 2.57. The van der Waals surface area contributed by atoms with Crippen LogP contribution in [0.2, 0.25) is 0 Å². The SMILES string of the molecule is COc1ccc(O)c2c1C(=O)c1cc3c(cc1C2=O)C(OC1OC(C)C(N(C)C)C(C)(O)C1O)C(C)(OC(C)=O)CC3OC1OC(C)C(OC)C(O)C1OC. The van der Waals surface area contributed by atoms with Gasteiger partial charge in [-0.3, -0.25) is 14.4 Å². The third-order valence-corrected chi connectivity index (χ3v) is 11.4. The molecule has 6 rings (SSSR count). The number of carbonyl (C=O) groups is 3. The molecule has 4 N–H and O–H groups in total. The van der Waals surface area contributed by atoms with E-state index >= 15 is 0 Å². The van der Waals surface area contributed by atoms with Gasteiger partial charge in [-0.2, -0.15) is 0 Å². The zero-order valence-electron chi connectivity index (χ0n) is 32.6. The predicted molar refractivity (Wildman–Crippen MR) is 191 cm³/mol. The number of rotatable bonds is 9. The topological polar surface area (TPSA) is 209 Å². The summed E-state index contributed by atoms with van der Waals surface area (Å²) in [6.45, 7) is 7.70. The molecule has 2 heterocycles. The Morgan fingerprint density at radius 1 is 0.873 bits per heavy atom. The molecule has 13 unspecified atom stereocenters. The van der Waals surface area contributed by atoms with Crippen LogP contribution in [0, 0.1) is 0 Å². The van der Waals surface area contributed by atoms with Crippen LogP contribution in [-0.2, 0) is 38.0 Å². The van der Waals surface area contributed by atoms with E-state index in [2.05, 4.69) is 0 Å². The minimum Gasteiger partial charge on any atom is -0.507 e. The fraction of sp³-hybridized carbons (Fsp3) is 0.615. The predicted octanol–water partition coefficient (Wildman–Crippen LogP) is 1.94. The number of phenolic OH excluding ortho intramolecular Hbond substituents is 1. The molecule has 0 spiro atoms. The Labute approximate surface area is 319 Å². The van der Waals surface area contributed by atoms with E-state index in [0.717, 1.165) is 0 Å². The van der Waals surface area contributed by atoms with E-state index in [1.54, 1.807) is 39.8 Å². The molecule has 2 saturated heterocycles. The maximum absolute atomic E-state index is 14.3. The quantitative estimate of drug-likeness (QED) is 0.229. The van der Waals surface area contributed by atoms with Crippen molar-refractivity contribution in [1.82, 2.24) is 4.90 Å². The van der Waals surface area contributed by atoms with Crippen LogP contribution in [0.3, 0.4) is 0 Å². The number of benzene rings is 2. The molecule has 0 amide bonds. The van der Waals surface area contributed by atoms with Crippen LogP contribution in [0.25, 0.3) is 0 Å². The molecule has 2 aliphatic heterocycles. The number of esters is 1. The van der Waals surface area contributed by atoms with Gasteiger partial charge in [0.25, 0.3) is 0 Å². The number of methoxy groups -OCH3 is 3. The first kappa shape index (κ1) is 41.1. The third kappa shape index (κ3) is 6.85. The molecule has 0 saturated carbocycles. The number of fused-ring (bicyclic) bond motifs is 3. The molecule has 2 aromatic carbocycles. The first-order valence-corrected chi connectivity index (χ1v) is 18.1. The Morgan fingerprint density at radius 2 is 1.47 bits per heavy atom. The van der Waals surface area contributed by atoms with E-state index in [1.165, 1.54) is 59.4 Å². The lowest BCUT2D eigenvalue weighted by Crippen LogP contribution is -2.69. The van der Waals surface area contributed by atoms with Crippen molar-refractivity contribution < 1.29 is 72.7 Å². The van der Waals surface area contributed by atoms with Crippen molar-refractivity contribution in [2.24, 2.45) is 0 Å². The van der Waals surface area contributed by atoms with Crippen LogP contribution in [0.5, 0.6) is 11.5 Å². The summed E-state index contributed by atoms with van der Waals surface area (Å²) >= 11 is 0. The molecule has 2 fully saturated rings. The molecule has 0 aromatic heterocycles. The van der Waals surface area contributed by atoms with Crippen LogP contribution in [0.15, 0.2) is 24.3 Å². The number of nitrogens with zero attached hydrogens (tertiary/aromatic N) is 1. The van der Waals surface area contributed by atoms with Gasteiger partial charge in [-0.05, 0) is 77.2 Å². The summed E-state index contributed by atoms with van der Waals surface area (Å²) in [5.74, 6) is -2.32. The van der Waals surface area contributed by atoms with Gasteiger partial charge in [0.1, 0.15) is 53.2 Å². The van der Waals surface area contributed by atoms with Crippen molar-refractivity contribution in [2.45, 2.75) is 120 Å². The Bertz CT molecular complexity index is 1830. The van der Waals surface area contributed by atoms with Gasteiger partial charge in [0, 0.05) is 38.7 Å². The standard InChI is InChI=1S/C39H51NO15/c1-16-31(49-9)30(45)32(50-10)36(51-16)53-25-15-38(4,55-18(3)41)35(54-37-34(46)39(5,47)33(40(6)7)17(2)52-37)22-14-21-20(13-19(22)25)29(44)27-24(48-8)12-11-23(42)26(27)28(21)43/h11-14,16-17,25,30-37,42,45-47H,15H2,1-10H3. The molecular formula is C39H51NO15. The van der Waals surface area contributed by atoms with Crippen LogP contribution >= 0.6 is 0 Å². The van der Waals surface area contributed by atoms with Crippen LogP contribution in [0.1, 0.15) is 96.2 Å². The summed E-state index contributed by atoms with van der Waals surface area (Å²) in [6.07, 6.45) is -11.0. The average molecular weight is 774 g/mol. The Morgan fingerprint density at radius 3 is 2.05 bits per heavy atom. The first-order chi connectivity index (χ1) is 25.8. The van der Waals surface area contributed by atoms with Gasteiger partial charge < -0.3 is 63.2 Å². The lowest BCUT2D eigenvalue weighted by molar-refractivity contribution is -0.339. The van der Waals surface area contributed by atoms with Gasteiger partial charge in [-0.25, -0.2) is 0 Å². The van der Waals surface area contributed by atoms with Gasteiger partial charge in [0.2, 0.25) is 0 Å². The monoisotopic (exact) mass is 773 g/mol. The summed E-state index contributed by atoms with van der Waals surface area (Å²) in [6, 6.07) is 4.91. The number of aliphatic hydroxyl groups excluding tert-OH is 2. The average Bonchev–Trinajstić information content (AvgIpc) is 3.09. The van der Waals surface area contributed by atoms with Gasteiger partial charge >= 0.3 is 5.97 Å². The van der Waals surface area contributed by atoms with E-state index in [0.29, 0.717) is 5.56 Å². The van der Waals surface area contributed by atoms with Crippen LogP contribution in [-0.4, -0.2) is 145 Å². The molecule has 13 atom stereocenters. The molecule has 0 bridgehead atoms. The van der Waals surface area contributed by atoms with Crippen molar-refractivity contribution in [3.63, 3.8) is 0 Å². The number of carbonyl (C=O) groups excluding carboxylic acids is 3. The second-order valence-electron chi connectivity index (χ2n) is 15.4. The second kappa shape index (κ2) is 15.1. The van der Waals surface area contributed by atoms with Crippen molar-refractivity contribution in [3.05, 3.63) is 57.6 Å². The molecule has 4 aliphatic rings. The van der Waals surface area contributed by atoms with Gasteiger partial charge in [-0.1, -0.05) is 0 Å². The summed E-state index contributed by atoms with van der Waals surface area (Å²) in [4.78, 5) is 43.1. The zero-order valence-corrected chi connectivity index (χ0v) is 32.6. The van der Waals surface area contributed by atoms with E-state index in [-0.39, 0.29) is 40.0 Å². The molecule has 55 heavy (non-hydrogen) atoms. The van der Waals surface area contributed by atoms with Crippen molar-refractivity contribution >= 4 is 17.5 Å². The molecule has 2 aromatic rings. The summed E-state index contributed by atoms with van der Waals surface area (Å²) in [5.41, 5.74) is -3.29. The minimum absolute atomic E-state index is 0.0244. The summed E-state index contributed by atoms with van der Waals surface area (Å²) in [7, 11) is 7.65. The first-order valence-electron chi connectivity index (χ1n) is 18.1. The minimum atomic E-state index is -1.74. The fourth-order valence-corrected chi connectivity index (χ4v) is 8.97. The molecule has 16 nitrogen and oxygen atoms in total. The smallest absolute Gasteiger partial charge is 0.303 e. The highest BCUT2D eigenvalue weighted by molar-refractivity contribution is 6.30. The van der Waals surface area contributed by atoms with Crippen LogP contribution in [0.4, 0.5) is 0 Å². The maximum atomic E-state index is 14.3. The number of hydrogen-bond donors (Lipinski definition) is 4. The highest BCUT2D eigenvalue weighted by Crippen LogP contribution is 2.52. The van der Waals surface area contributed by atoms with Gasteiger partial charge in [0.15, 0.2) is 24.1 Å². The second-order valence-corrected chi connectivity index (χ2v) is 15.4. The van der Waals surface area contributed by atoms with Gasteiger partial charge in [0.05, 0.1) is 42.6 Å². The zero-order chi connectivity index (χ0) is 40.5. The van der Waals surface area contributed by atoms with E-state index < -0.39 is 102 Å². The van der Waals surface area contributed by atoms with Crippen molar-refractivity contribution in [3.8, 4) is 11.5 Å². The molecule has 302 valence electrons. The molecular weight excluding hydrogens is 722 g/mol. The number of ether oxygens (including phenoxy) is 8. The largest absolute Gasteiger partial charge is 0.507 e. The fourth-order valence-electron chi connectivity index (χ4n) is 8.97. The van der Waals surface area contributed by atoms with E-state index in [4.69, 9.17) is 37.9 Å².